The van der Waals surface area contributed by atoms with E-state index < -0.39 is 0 Å². The van der Waals surface area contributed by atoms with Crippen LogP contribution in [0.2, 0.25) is 0 Å². The topological polar surface area (TPSA) is 51.0 Å². The molecule has 2 rings (SSSR count). The van der Waals surface area contributed by atoms with Crippen molar-refractivity contribution in [2.24, 2.45) is 0 Å². The van der Waals surface area contributed by atoms with Gasteiger partial charge in [-0.2, -0.15) is 0 Å². The molecule has 4 heteroatoms. The van der Waals surface area contributed by atoms with Gasteiger partial charge in [0.15, 0.2) is 0 Å². The summed E-state index contributed by atoms with van der Waals surface area (Å²) in [5.41, 5.74) is 3.07. The Bertz CT molecular complexity index is 425. The first-order valence-corrected chi connectivity index (χ1v) is 5.39. The third kappa shape index (κ3) is 2.90. The lowest BCUT2D eigenvalue weighted by molar-refractivity contribution is 0.300. The molecule has 0 aliphatic heterocycles. The van der Waals surface area contributed by atoms with Gasteiger partial charge in [0.2, 0.25) is 0 Å². The van der Waals surface area contributed by atoms with Crippen molar-refractivity contribution in [2.75, 3.05) is 6.54 Å². The second-order valence-corrected chi connectivity index (χ2v) is 3.71. The van der Waals surface area contributed by atoms with E-state index in [1.807, 2.05) is 13.0 Å². The highest BCUT2D eigenvalue weighted by Crippen LogP contribution is 2.00. The Kier molecular flexibility index (Phi) is 3.66. The maximum Gasteiger partial charge on any atom is 0.121 e. The third-order valence-corrected chi connectivity index (χ3v) is 2.47. The van der Waals surface area contributed by atoms with Crippen LogP contribution in [0.1, 0.15) is 17.0 Å². The van der Waals surface area contributed by atoms with E-state index in [-0.39, 0.29) is 0 Å². The lowest BCUT2D eigenvalue weighted by Gasteiger charge is -2.02. The van der Waals surface area contributed by atoms with Gasteiger partial charge in [0.05, 0.1) is 0 Å². The van der Waals surface area contributed by atoms with Gasteiger partial charge in [0.1, 0.15) is 11.4 Å². The van der Waals surface area contributed by atoms with Crippen LogP contribution in [0.15, 0.2) is 35.0 Å². The maximum atomic E-state index is 4.62. The highest BCUT2D eigenvalue weighted by Gasteiger charge is 2.03. The van der Waals surface area contributed by atoms with Crippen LogP contribution < -0.4 is 5.32 Å². The van der Waals surface area contributed by atoms with E-state index in [0.717, 1.165) is 24.4 Å². The minimum atomic E-state index is 0.710. The SMILES string of the molecule is Cc1nonc1CNCCc1ccccc1. The van der Waals surface area contributed by atoms with Crippen molar-refractivity contribution in [1.82, 2.24) is 15.6 Å². The number of nitrogens with one attached hydrogen (secondary N) is 1. The Morgan fingerprint density at radius 1 is 1.19 bits per heavy atom. The van der Waals surface area contributed by atoms with Crippen molar-refractivity contribution >= 4 is 0 Å². The molecule has 0 atom stereocenters. The van der Waals surface area contributed by atoms with E-state index in [1.165, 1.54) is 5.56 Å². The molecule has 0 amide bonds. The third-order valence-electron chi connectivity index (χ3n) is 2.47. The van der Waals surface area contributed by atoms with Crippen LogP contribution in [0.3, 0.4) is 0 Å². The molecule has 0 saturated carbocycles. The molecule has 0 saturated heterocycles. The van der Waals surface area contributed by atoms with Crippen molar-refractivity contribution in [3.05, 3.63) is 47.3 Å². The molecule has 0 bridgehead atoms. The van der Waals surface area contributed by atoms with E-state index in [0.29, 0.717) is 6.54 Å². The van der Waals surface area contributed by atoms with Gasteiger partial charge in [-0.1, -0.05) is 40.6 Å². The highest BCUT2D eigenvalue weighted by molar-refractivity contribution is 5.14. The molecule has 0 aliphatic carbocycles. The molecular formula is C12H15N3O. The molecule has 1 N–H and O–H groups in total. The standard InChI is InChI=1S/C12H15N3O/c1-10-12(15-16-14-10)9-13-8-7-11-5-3-2-4-6-11/h2-6,13H,7-9H2,1H3. The van der Waals surface area contributed by atoms with Gasteiger partial charge in [0, 0.05) is 6.54 Å². The van der Waals surface area contributed by atoms with Crippen LogP contribution in [0.4, 0.5) is 0 Å². The number of aryl methyl sites for hydroxylation is 1. The van der Waals surface area contributed by atoms with Gasteiger partial charge >= 0.3 is 0 Å². The van der Waals surface area contributed by atoms with Crippen LogP contribution in [0.5, 0.6) is 0 Å². The molecule has 84 valence electrons. The van der Waals surface area contributed by atoms with Crippen LogP contribution in [-0.4, -0.2) is 16.9 Å². The second kappa shape index (κ2) is 5.42. The summed E-state index contributed by atoms with van der Waals surface area (Å²) in [5.74, 6) is 0. The van der Waals surface area contributed by atoms with Gasteiger partial charge in [0.25, 0.3) is 0 Å². The van der Waals surface area contributed by atoms with Crippen molar-refractivity contribution < 1.29 is 4.63 Å². The van der Waals surface area contributed by atoms with Gasteiger partial charge in [-0.15, -0.1) is 0 Å². The molecule has 1 aromatic carbocycles. The van der Waals surface area contributed by atoms with Crippen molar-refractivity contribution in [3.63, 3.8) is 0 Å². The summed E-state index contributed by atoms with van der Waals surface area (Å²) in [6.45, 7) is 3.53. The molecule has 1 heterocycles. The Labute approximate surface area is 94.6 Å². The second-order valence-electron chi connectivity index (χ2n) is 3.71. The predicted octanol–water partition coefficient (Wildman–Crippen LogP) is 1.71. The van der Waals surface area contributed by atoms with E-state index in [2.05, 4.69) is 44.5 Å². The van der Waals surface area contributed by atoms with Crippen LogP contribution in [-0.2, 0) is 13.0 Å². The fraction of sp³-hybridized carbons (Fsp3) is 0.333. The van der Waals surface area contributed by atoms with Crippen LogP contribution in [0, 0.1) is 6.92 Å². The fourth-order valence-corrected chi connectivity index (χ4v) is 1.49. The zero-order chi connectivity index (χ0) is 11.2. The summed E-state index contributed by atoms with van der Waals surface area (Å²) in [6.07, 6.45) is 1.02. The first-order chi connectivity index (χ1) is 7.86. The van der Waals surface area contributed by atoms with Crippen molar-refractivity contribution in [1.29, 1.82) is 0 Å². The summed E-state index contributed by atoms with van der Waals surface area (Å²) < 4.78 is 4.62. The Balaban J connectivity index is 1.72. The van der Waals surface area contributed by atoms with Crippen molar-refractivity contribution in [2.45, 2.75) is 19.9 Å². The smallest absolute Gasteiger partial charge is 0.121 e. The van der Waals surface area contributed by atoms with E-state index in [1.54, 1.807) is 0 Å². The van der Waals surface area contributed by atoms with Crippen molar-refractivity contribution in [3.8, 4) is 0 Å². The molecule has 0 fully saturated rings. The van der Waals surface area contributed by atoms with E-state index >= 15 is 0 Å². The first kappa shape index (κ1) is 10.8. The quantitative estimate of drug-likeness (QED) is 0.775. The minimum Gasteiger partial charge on any atom is -0.311 e. The zero-order valence-electron chi connectivity index (χ0n) is 9.31. The Hall–Kier alpha value is -1.68. The summed E-state index contributed by atoms with van der Waals surface area (Å²) in [6, 6.07) is 10.4. The predicted molar refractivity (Wildman–Crippen MR) is 60.9 cm³/mol. The first-order valence-electron chi connectivity index (χ1n) is 5.39. The van der Waals surface area contributed by atoms with Gasteiger partial charge in [-0.25, -0.2) is 4.63 Å². The number of rotatable bonds is 5. The molecular weight excluding hydrogens is 202 g/mol. The minimum absolute atomic E-state index is 0.710. The molecule has 0 unspecified atom stereocenters. The van der Waals surface area contributed by atoms with Crippen LogP contribution in [0.25, 0.3) is 0 Å². The summed E-state index contributed by atoms with van der Waals surface area (Å²) in [7, 11) is 0. The van der Waals surface area contributed by atoms with Gasteiger partial charge < -0.3 is 5.32 Å². The molecule has 0 aliphatic rings. The maximum absolute atomic E-state index is 4.62. The number of aromatic nitrogens is 2. The Morgan fingerprint density at radius 2 is 2.00 bits per heavy atom. The Morgan fingerprint density at radius 3 is 2.69 bits per heavy atom. The fourth-order valence-electron chi connectivity index (χ4n) is 1.49. The van der Waals surface area contributed by atoms with E-state index in [4.69, 9.17) is 0 Å². The average Bonchev–Trinajstić information content (AvgIpc) is 2.72. The normalized spacial score (nSPS) is 10.6. The summed E-state index contributed by atoms with van der Waals surface area (Å²) in [5, 5.41) is 10.9. The number of hydrogen-bond donors (Lipinski definition) is 1. The molecule has 2 aromatic rings. The average molecular weight is 217 g/mol. The monoisotopic (exact) mass is 217 g/mol. The zero-order valence-corrected chi connectivity index (χ0v) is 9.31. The van der Waals surface area contributed by atoms with Gasteiger partial charge in [-0.05, 0) is 25.5 Å². The summed E-state index contributed by atoms with van der Waals surface area (Å²) >= 11 is 0. The summed E-state index contributed by atoms with van der Waals surface area (Å²) in [4.78, 5) is 0. The molecule has 16 heavy (non-hydrogen) atoms. The van der Waals surface area contributed by atoms with Gasteiger partial charge in [-0.3, -0.25) is 0 Å². The molecule has 0 spiro atoms. The van der Waals surface area contributed by atoms with Crippen LogP contribution >= 0.6 is 0 Å². The highest BCUT2D eigenvalue weighted by atomic mass is 16.6. The number of hydrogen-bond acceptors (Lipinski definition) is 4. The lowest BCUT2D eigenvalue weighted by atomic mass is 10.1. The molecule has 0 radical (unpaired) electrons. The number of benzene rings is 1. The lowest BCUT2D eigenvalue weighted by Crippen LogP contribution is -2.17. The molecule has 4 nitrogen and oxygen atoms in total. The van der Waals surface area contributed by atoms with E-state index in [9.17, 15) is 0 Å². The molecule has 1 aromatic heterocycles. The largest absolute Gasteiger partial charge is 0.311 e. The number of nitrogens with zero attached hydrogens (tertiary/aromatic N) is 2.